The number of carbonyl (C=O) groups is 1. The molecule has 0 atom stereocenters. The first-order valence-corrected chi connectivity index (χ1v) is 7.89. The van der Waals surface area contributed by atoms with Gasteiger partial charge in [-0.25, -0.2) is 0 Å². The number of nitrogens with one attached hydrogen (secondary N) is 1. The molecule has 1 fully saturated rings. The van der Waals surface area contributed by atoms with Gasteiger partial charge in [0, 0.05) is 24.1 Å². The number of nitrogens with zero attached hydrogens (tertiary/aromatic N) is 1. The van der Waals surface area contributed by atoms with E-state index in [0.29, 0.717) is 5.56 Å². The van der Waals surface area contributed by atoms with Crippen molar-refractivity contribution in [3.05, 3.63) is 34.3 Å². The maximum Gasteiger partial charge on any atom is 0.252 e. The van der Waals surface area contributed by atoms with Crippen molar-refractivity contribution < 1.29 is 9.53 Å². The number of benzene rings is 1. The number of hydrogen-bond donors (Lipinski definition) is 1. The lowest BCUT2D eigenvalue weighted by molar-refractivity contribution is 0.0372. The molecule has 1 aliphatic rings. The van der Waals surface area contributed by atoms with Gasteiger partial charge in [0.25, 0.3) is 5.91 Å². The van der Waals surface area contributed by atoms with Crippen LogP contribution in [0.2, 0.25) is 0 Å². The molecule has 1 saturated heterocycles. The van der Waals surface area contributed by atoms with Crippen molar-refractivity contribution >= 4 is 21.8 Å². The normalized spacial score (nSPS) is 16.1. The second-order valence-electron chi connectivity index (χ2n) is 4.90. The highest BCUT2D eigenvalue weighted by Crippen LogP contribution is 2.15. The van der Waals surface area contributed by atoms with Crippen molar-refractivity contribution in [2.45, 2.75) is 12.8 Å². The molecule has 0 unspecified atom stereocenters. The lowest BCUT2D eigenvalue weighted by Gasteiger charge is -2.26. The lowest BCUT2D eigenvalue weighted by Crippen LogP contribution is -2.37. The fourth-order valence-corrected chi connectivity index (χ4v) is 2.69. The average Bonchev–Trinajstić information content (AvgIpc) is 2.48. The summed E-state index contributed by atoms with van der Waals surface area (Å²) < 4.78 is 6.15. The average molecular weight is 341 g/mol. The molecule has 4 nitrogen and oxygen atoms in total. The highest BCUT2D eigenvalue weighted by molar-refractivity contribution is 9.10. The summed E-state index contributed by atoms with van der Waals surface area (Å²) in [7, 11) is 0. The molecule has 0 aliphatic carbocycles. The summed E-state index contributed by atoms with van der Waals surface area (Å²) in [6.45, 7) is 5.57. The van der Waals surface area contributed by atoms with Crippen LogP contribution in [0.25, 0.3) is 0 Å². The van der Waals surface area contributed by atoms with Crippen molar-refractivity contribution in [3.8, 4) is 0 Å². The number of carbonyl (C=O) groups excluding carboxylic acids is 1. The highest BCUT2D eigenvalue weighted by atomic mass is 79.9. The Balaban J connectivity index is 1.61. The van der Waals surface area contributed by atoms with Crippen molar-refractivity contribution in [3.63, 3.8) is 0 Å². The summed E-state index contributed by atoms with van der Waals surface area (Å²) in [6.07, 6.45) is 2.11. The third kappa shape index (κ3) is 4.89. The molecule has 1 aromatic carbocycles. The van der Waals surface area contributed by atoms with Gasteiger partial charge in [0.1, 0.15) is 0 Å². The van der Waals surface area contributed by atoms with Gasteiger partial charge in [-0.3, -0.25) is 9.69 Å². The van der Waals surface area contributed by atoms with Crippen LogP contribution in [-0.2, 0) is 4.74 Å². The Hall–Kier alpha value is -0.910. The Morgan fingerprint density at radius 3 is 2.75 bits per heavy atom. The van der Waals surface area contributed by atoms with Crippen molar-refractivity contribution in [1.29, 1.82) is 0 Å². The van der Waals surface area contributed by atoms with Gasteiger partial charge in [-0.15, -0.1) is 0 Å². The Kier molecular flexibility index (Phi) is 6.50. The summed E-state index contributed by atoms with van der Waals surface area (Å²) in [5.74, 6) is -0.0103. The smallest absolute Gasteiger partial charge is 0.252 e. The number of amides is 1. The van der Waals surface area contributed by atoms with Gasteiger partial charge < -0.3 is 10.1 Å². The molecular formula is C15H21BrN2O2. The third-order valence-corrected chi connectivity index (χ3v) is 4.10. The number of unbranched alkanes of at least 4 members (excludes halogenated alkanes) is 1. The molecule has 1 aromatic rings. The van der Waals surface area contributed by atoms with Crippen LogP contribution >= 0.6 is 15.9 Å². The Morgan fingerprint density at radius 1 is 1.25 bits per heavy atom. The Morgan fingerprint density at radius 2 is 2.00 bits per heavy atom. The summed E-state index contributed by atoms with van der Waals surface area (Å²) in [6, 6.07) is 7.49. The second kappa shape index (κ2) is 8.39. The molecule has 0 bridgehead atoms. The molecule has 0 radical (unpaired) electrons. The lowest BCUT2D eigenvalue weighted by atomic mass is 10.2. The quantitative estimate of drug-likeness (QED) is 0.808. The summed E-state index contributed by atoms with van der Waals surface area (Å²) >= 11 is 3.39. The van der Waals surface area contributed by atoms with Crippen LogP contribution in [-0.4, -0.2) is 50.2 Å². The minimum atomic E-state index is -0.0103. The minimum Gasteiger partial charge on any atom is -0.379 e. The van der Waals surface area contributed by atoms with Crippen molar-refractivity contribution in [1.82, 2.24) is 10.2 Å². The Labute approximate surface area is 128 Å². The number of halogens is 1. The van der Waals surface area contributed by atoms with E-state index in [2.05, 4.69) is 26.1 Å². The van der Waals surface area contributed by atoms with Crippen LogP contribution in [0.4, 0.5) is 0 Å². The van der Waals surface area contributed by atoms with E-state index in [4.69, 9.17) is 4.74 Å². The van der Waals surface area contributed by atoms with Gasteiger partial charge in [0.2, 0.25) is 0 Å². The largest absolute Gasteiger partial charge is 0.379 e. The fraction of sp³-hybridized carbons (Fsp3) is 0.533. The standard InChI is InChI=1S/C15H21BrN2O2/c16-14-6-2-1-5-13(14)15(19)17-7-3-4-8-18-9-11-20-12-10-18/h1-2,5-6H,3-4,7-12H2,(H,17,19). The zero-order valence-corrected chi connectivity index (χ0v) is 13.2. The van der Waals surface area contributed by atoms with E-state index in [9.17, 15) is 4.79 Å². The highest BCUT2D eigenvalue weighted by Gasteiger charge is 2.10. The molecule has 1 aliphatic heterocycles. The molecule has 110 valence electrons. The molecule has 1 heterocycles. The number of rotatable bonds is 6. The second-order valence-corrected chi connectivity index (χ2v) is 5.75. The summed E-state index contributed by atoms with van der Waals surface area (Å²) in [5.41, 5.74) is 0.695. The van der Waals surface area contributed by atoms with E-state index in [1.54, 1.807) is 0 Å². The summed E-state index contributed by atoms with van der Waals surface area (Å²) in [4.78, 5) is 14.4. The van der Waals surface area contributed by atoms with Crippen LogP contribution < -0.4 is 5.32 Å². The number of ether oxygens (including phenoxy) is 1. The van der Waals surface area contributed by atoms with Crippen LogP contribution in [0, 0.1) is 0 Å². The number of hydrogen-bond acceptors (Lipinski definition) is 3. The number of morpholine rings is 1. The molecule has 0 aromatic heterocycles. The monoisotopic (exact) mass is 340 g/mol. The van der Waals surface area contributed by atoms with Crippen LogP contribution in [0.1, 0.15) is 23.2 Å². The first-order chi connectivity index (χ1) is 9.77. The topological polar surface area (TPSA) is 41.6 Å². The maximum atomic E-state index is 12.0. The van der Waals surface area contributed by atoms with E-state index in [1.165, 1.54) is 0 Å². The van der Waals surface area contributed by atoms with Crippen LogP contribution in [0.15, 0.2) is 28.7 Å². The van der Waals surface area contributed by atoms with Gasteiger partial charge in [-0.2, -0.15) is 0 Å². The van der Waals surface area contributed by atoms with E-state index in [-0.39, 0.29) is 5.91 Å². The molecule has 0 spiro atoms. The maximum absolute atomic E-state index is 12.0. The molecule has 0 saturated carbocycles. The molecule has 1 amide bonds. The zero-order valence-electron chi connectivity index (χ0n) is 11.6. The SMILES string of the molecule is O=C(NCCCCN1CCOCC1)c1ccccc1Br. The van der Waals surface area contributed by atoms with Gasteiger partial charge in [0.15, 0.2) is 0 Å². The molecular weight excluding hydrogens is 320 g/mol. The van der Waals surface area contributed by atoms with E-state index < -0.39 is 0 Å². The van der Waals surface area contributed by atoms with Gasteiger partial charge in [0.05, 0.1) is 18.8 Å². The third-order valence-electron chi connectivity index (χ3n) is 3.41. The Bertz CT molecular complexity index is 434. The van der Waals surface area contributed by atoms with Gasteiger partial charge in [-0.1, -0.05) is 12.1 Å². The zero-order chi connectivity index (χ0) is 14.2. The van der Waals surface area contributed by atoms with Crippen LogP contribution in [0.3, 0.4) is 0 Å². The minimum absolute atomic E-state index is 0.0103. The molecule has 2 rings (SSSR count). The molecule has 5 heteroatoms. The molecule has 1 N–H and O–H groups in total. The van der Waals surface area contributed by atoms with Crippen molar-refractivity contribution in [2.75, 3.05) is 39.4 Å². The van der Waals surface area contributed by atoms with E-state index >= 15 is 0 Å². The first kappa shape index (κ1) is 15.5. The predicted octanol–water partition coefficient (Wildman–Crippen LogP) is 2.29. The van der Waals surface area contributed by atoms with Crippen LogP contribution in [0.5, 0.6) is 0 Å². The predicted molar refractivity (Wildman–Crippen MR) is 83.0 cm³/mol. The fourth-order valence-electron chi connectivity index (χ4n) is 2.23. The van der Waals surface area contributed by atoms with E-state index in [1.807, 2.05) is 24.3 Å². The van der Waals surface area contributed by atoms with E-state index in [0.717, 1.165) is 56.7 Å². The molecule has 20 heavy (non-hydrogen) atoms. The van der Waals surface area contributed by atoms with Gasteiger partial charge in [-0.05, 0) is 47.4 Å². The first-order valence-electron chi connectivity index (χ1n) is 7.10. The van der Waals surface area contributed by atoms with Gasteiger partial charge >= 0.3 is 0 Å². The summed E-state index contributed by atoms with van der Waals surface area (Å²) in [5, 5.41) is 2.97. The van der Waals surface area contributed by atoms with Crippen molar-refractivity contribution in [2.24, 2.45) is 0 Å².